The summed E-state index contributed by atoms with van der Waals surface area (Å²) in [6.45, 7) is 23.7. The Hall–Kier alpha value is -0.530. The molecule has 0 aliphatic rings. The van der Waals surface area contributed by atoms with Gasteiger partial charge in [-0.3, -0.25) is 4.79 Å². The van der Waals surface area contributed by atoms with Gasteiger partial charge >= 0.3 is 5.97 Å². The maximum atomic E-state index is 13.0. The number of carbonyl (C=O) groups is 1. The highest BCUT2D eigenvalue weighted by molar-refractivity contribution is 5.77. The van der Waals surface area contributed by atoms with E-state index in [1.165, 1.54) is 0 Å². The normalized spacial score (nSPS) is 17.5. The molecule has 22 heavy (non-hydrogen) atoms. The van der Waals surface area contributed by atoms with Crippen molar-refractivity contribution in [1.82, 2.24) is 0 Å². The minimum atomic E-state index is -0.433. The third-order valence-electron chi connectivity index (χ3n) is 5.24. The van der Waals surface area contributed by atoms with E-state index in [2.05, 4.69) is 76.2 Å². The Kier molecular flexibility index (Phi) is 7.18. The lowest BCUT2D eigenvalue weighted by atomic mass is 9.67. The Morgan fingerprint density at radius 2 is 1.41 bits per heavy atom. The molecule has 0 aromatic rings. The topological polar surface area (TPSA) is 26.3 Å². The zero-order valence-corrected chi connectivity index (χ0v) is 17.0. The molecule has 0 aromatic carbocycles. The third-order valence-corrected chi connectivity index (χ3v) is 5.24. The average molecular weight is 313 g/mol. The molecule has 0 rings (SSSR count). The highest BCUT2D eigenvalue weighted by atomic mass is 16.5. The van der Waals surface area contributed by atoms with Crippen LogP contribution in [-0.2, 0) is 9.53 Å². The number of hydrogen-bond acceptors (Lipinski definition) is 2. The number of carbonyl (C=O) groups excluding carboxylic acids is 1. The van der Waals surface area contributed by atoms with Crippen molar-refractivity contribution in [3.8, 4) is 0 Å². The minimum Gasteiger partial charge on any atom is -0.461 e. The van der Waals surface area contributed by atoms with Crippen molar-refractivity contribution in [3.63, 3.8) is 0 Å². The van der Waals surface area contributed by atoms with E-state index in [-0.39, 0.29) is 28.8 Å². The Bertz CT molecular complexity index is 360. The van der Waals surface area contributed by atoms with Crippen molar-refractivity contribution in [2.75, 3.05) is 0 Å². The molecule has 0 aliphatic heterocycles. The zero-order chi connectivity index (χ0) is 17.9. The summed E-state index contributed by atoms with van der Waals surface area (Å²) < 4.78 is 6.05. The molecule has 2 heteroatoms. The van der Waals surface area contributed by atoms with Crippen LogP contribution in [0, 0.1) is 28.1 Å². The smallest absolute Gasteiger partial charge is 0.312 e. The van der Waals surface area contributed by atoms with Gasteiger partial charge in [0, 0.05) is 0 Å². The molecule has 0 bridgehead atoms. The zero-order valence-electron chi connectivity index (χ0n) is 17.0. The van der Waals surface area contributed by atoms with Crippen LogP contribution < -0.4 is 0 Å². The lowest BCUT2D eigenvalue weighted by Gasteiger charge is -2.41. The van der Waals surface area contributed by atoms with Gasteiger partial charge in [-0.1, -0.05) is 75.7 Å². The van der Waals surface area contributed by atoms with Gasteiger partial charge in [0.05, 0.1) is 5.41 Å². The monoisotopic (exact) mass is 312 g/mol. The predicted molar refractivity (Wildman–Crippen MR) is 95.8 cm³/mol. The van der Waals surface area contributed by atoms with Crippen LogP contribution in [0.4, 0.5) is 0 Å². The highest BCUT2D eigenvalue weighted by Crippen LogP contribution is 2.43. The SMILES string of the molecule is CCC(C)(C)CC(C)(C(=O)OC(C(C)C)C(C)(C)C)C(C)C. The minimum absolute atomic E-state index is 0.0300. The Morgan fingerprint density at radius 1 is 0.955 bits per heavy atom. The fraction of sp³-hybridized carbons (Fsp3) is 0.950. The first-order valence-corrected chi connectivity index (χ1v) is 8.88. The standard InChI is InChI=1S/C20H40O2/c1-12-19(9,10)13-20(11,15(4)5)17(21)22-16(14(2)3)18(6,7)8/h14-16H,12-13H2,1-11H3. The molecule has 0 fully saturated rings. The van der Waals surface area contributed by atoms with Crippen LogP contribution in [0.5, 0.6) is 0 Å². The van der Waals surface area contributed by atoms with Crippen molar-refractivity contribution in [2.24, 2.45) is 28.1 Å². The van der Waals surface area contributed by atoms with Crippen LogP contribution in [0.2, 0.25) is 0 Å². The van der Waals surface area contributed by atoms with Gasteiger partial charge in [-0.2, -0.15) is 0 Å². The van der Waals surface area contributed by atoms with Gasteiger partial charge in [-0.05, 0) is 36.0 Å². The van der Waals surface area contributed by atoms with Gasteiger partial charge in [-0.15, -0.1) is 0 Å². The average Bonchev–Trinajstić information content (AvgIpc) is 2.32. The number of rotatable bonds is 7. The quantitative estimate of drug-likeness (QED) is 0.532. The fourth-order valence-corrected chi connectivity index (χ4v) is 3.19. The molecule has 0 spiro atoms. The van der Waals surface area contributed by atoms with Crippen molar-refractivity contribution in [1.29, 1.82) is 0 Å². The van der Waals surface area contributed by atoms with Gasteiger partial charge in [0.25, 0.3) is 0 Å². The molecule has 0 aliphatic carbocycles. The molecular formula is C20H40O2. The molecule has 2 atom stereocenters. The van der Waals surface area contributed by atoms with Crippen molar-refractivity contribution in [3.05, 3.63) is 0 Å². The van der Waals surface area contributed by atoms with Gasteiger partial charge in [0.1, 0.15) is 6.10 Å². The first-order valence-electron chi connectivity index (χ1n) is 8.88. The summed E-state index contributed by atoms with van der Waals surface area (Å²) in [6.07, 6.45) is 1.88. The first kappa shape index (κ1) is 21.5. The van der Waals surface area contributed by atoms with E-state index >= 15 is 0 Å². The van der Waals surface area contributed by atoms with Crippen LogP contribution in [0.1, 0.15) is 89.0 Å². The van der Waals surface area contributed by atoms with E-state index in [9.17, 15) is 4.79 Å². The fourth-order valence-electron chi connectivity index (χ4n) is 3.19. The summed E-state index contributed by atoms with van der Waals surface area (Å²) in [5.41, 5.74) is -0.326. The van der Waals surface area contributed by atoms with Gasteiger partial charge in [0.2, 0.25) is 0 Å². The molecule has 0 saturated heterocycles. The molecule has 0 saturated carbocycles. The molecule has 0 heterocycles. The van der Waals surface area contributed by atoms with E-state index in [1.807, 2.05) is 0 Å². The van der Waals surface area contributed by atoms with Crippen molar-refractivity contribution < 1.29 is 9.53 Å². The second-order valence-electron chi connectivity index (χ2n) is 9.70. The maximum Gasteiger partial charge on any atom is 0.312 e. The van der Waals surface area contributed by atoms with E-state index in [1.54, 1.807) is 0 Å². The van der Waals surface area contributed by atoms with E-state index in [0.717, 1.165) is 12.8 Å². The first-order chi connectivity index (χ1) is 9.67. The van der Waals surface area contributed by atoms with Crippen molar-refractivity contribution in [2.45, 2.75) is 95.1 Å². The lowest BCUT2D eigenvalue weighted by Crippen LogP contribution is -2.44. The second-order valence-corrected chi connectivity index (χ2v) is 9.70. The molecule has 2 nitrogen and oxygen atoms in total. The summed E-state index contributed by atoms with van der Waals surface area (Å²) in [4.78, 5) is 13.0. The van der Waals surface area contributed by atoms with Crippen LogP contribution in [0.15, 0.2) is 0 Å². The molecule has 2 unspecified atom stereocenters. The summed E-state index contributed by atoms with van der Waals surface area (Å²) in [5, 5.41) is 0. The highest BCUT2D eigenvalue weighted by Gasteiger charge is 2.44. The van der Waals surface area contributed by atoms with E-state index < -0.39 is 5.41 Å². The predicted octanol–water partition coefficient (Wildman–Crippen LogP) is 6.09. The molecular weight excluding hydrogens is 272 g/mol. The summed E-state index contributed by atoms with van der Waals surface area (Å²) in [5.74, 6) is 0.552. The number of ether oxygens (including phenoxy) is 1. The van der Waals surface area contributed by atoms with Crippen LogP contribution in [-0.4, -0.2) is 12.1 Å². The largest absolute Gasteiger partial charge is 0.461 e. The van der Waals surface area contributed by atoms with E-state index in [4.69, 9.17) is 4.74 Å². The van der Waals surface area contributed by atoms with Crippen molar-refractivity contribution >= 4 is 5.97 Å². The number of hydrogen-bond donors (Lipinski definition) is 0. The summed E-state index contributed by atoms with van der Waals surface area (Å²) in [6, 6.07) is 0. The Balaban J connectivity index is 5.40. The van der Waals surface area contributed by atoms with Gasteiger partial charge < -0.3 is 4.74 Å². The molecule has 0 aromatic heterocycles. The van der Waals surface area contributed by atoms with Crippen LogP contribution in [0.25, 0.3) is 0 Å². The Labute approximate surface area is 139 Å². The van der Waals surface area contributed by atoms with Gasteiger partial charge in [-0.25, -0.2) is 0 Å². The third kappa shape index (κ3) is 5.59. The van der Waals surface area contributed by atoms with E-state index in [0.29, 0.717) is 5.92 Å². The maximum absolute atomic E-state index is 13.0. The Morgan fingerprint density at radius 3 is 1.68 bits per heavy atom. The molecule has 0 amide bonds. The van der Waals surface area contributed by atoms with Crippen LogP contribution >= 0.6 is 0 Å². The van der Waals surface area contributed by atoms with Gasteiger partial charge in [0.15, 0.2) is 0 Å². The number of esters is 1. The molecule has 132 valence electrons. The summed E-state index contributed by atoms with van der Waals surface area (Å²) in [7, 11) is 0. The molecule has 0 N–H and O–H groups in total. The second kappa shape index (κ2) is 7.36. The molecule has 0 radical (unpaired) electrons. The summed E-state index contributed by atoms with van der Waals surface area (Å²) >= 11 is 0. The lowest BCUT2D eigenvalue weighted by molar-refractivity contribution is -0.175. The van der Waals surface area contributed by atoms with Crippen LogP contribution in [0.3, 0.4) is 0 Å².